The molecule has 0 aliphatic heterocycles. The van der Waals surface area contributed by atoms with Crippen LogP contribution in [0.3, 0.4) is 0 Å². The monoisotopic (exact) mass is 291 g/mol. The molecule has 0 saturated carbocycles. The number of aliphatic hydroxyl groups is 1. The molecule has 0 atom stereocenters. The second-order valence-electron chi connectivity index (χ2n) is 6.44. The summed E-state index contributed by atoms with van der Waals surface area (Å²) in [6, 6.07) is 7.84. The molecule has 0 fully saturated rings. The normalized spacial score (nSPS) is 12.5. The summed E-state index contributed by atoms with van der Waals surface area (Å²) in [6.07, 6.45) is 0.550. The smallest absolute Gasteiger partial charge is 0.329 e. The first kappa shape index (κ1) is 15.8. The highest BCUT2D eigenvalue weighted by Gasteiger charge is 2.17. The van der Waals surface area contributed by atoms with Gasteiger partial charge in [-0.25, -0.2) is 4.79 Å². The molecule has 1 heterocycles. The van der Waals surface area contributed by atoms with Crippen LogP contribution in [0.5, 0.6) is 0 Å². The van der Waals surface area contributed by atoms with Crippen LogP contribution in [0.25, 0.3) is 11.0 Å². The van der Waals surface area contributed by atoms with Crippen LogP contribution in [0, 0.1) is 0 Å². The fraction of sp³-hybridized carbons (Fsp3) is 0.562. The van der Waals surface area contributed by atoms with Crippen LogP contribution in [0.4, 0.5) is 0 Å². The second kappa shape index (κ2) is 6.03. The first-order valence-corrected chi connectivity index (χ1v) is 7.35. The maximum atomic E-state index is 12.6. The molecule has 21 heavy (non-hydrogen) atoms. The highest BCUT2D eigenvalue weighted by atomic mass is 16.3. The Hall–Kier alpha value is -1.59. The summed E-state index contributed by atoms with van der Waals surface area (Å²) in [5, 5.41) is 9.90. The number of para-hydroxylation sites is 2. The van der Waals surface area contributed by atoms with E-state index in [1.165, 1.54) is 0 Å². The molecule has 1 aromatic heterocycles. The van der Waals surface area contributed by atoms with E-state index in [0.29, 0.717) is 19.5 Å². The lowest BCUT2D eigenvalue weighted by atomic mass is 10.1. The maximum absolute atomic E-state index is 12.6. The van der Waals surface area contributed by atoms with E-state index in [-0.39, 0.29) is 5.69 Å². The summed E-state index contributed by atoms with van der Waals surface area (Å²) in [6.45, 7) is 5.55. The molecule has 2 aromatic rings. The van der Waals surface area contributed by atoms with Gasteiger partial charge in [-0.15, -0.1) is 0 Å². The molecule has 0 aliphatic carbocycles. The van der Waals surface area contributed by atoms with Gasteiger partial charge in [0.2, 0.25) is 0 Å². The van der Waals surface area contributed by atoms with E-state index in [0.717, 1.165) is 17.6 Å². The van der Waals surface area contributed by atoms with Crippen molar-refractivity contribution in [1.82, 2.24) is 14.0 Å². The summed E-state index contributed by atoms with van der Waals surface area (Å²) in [5.74, 6) is 0. The minimum Gasteiger partial charge on any atom is -0.390 e. The van der Waals surface area contributed by atoms with Crippen molar-refractivity contribution in [2.45, 2.75) is 39.0 Å². The van der Waals surface area contributed by atoms with Crippen molar-refractivity contribution in [1.29, 1.82) is 0 Å². The Labute approximate surface area is 125 Å². The fourth-order valence-electron chi connectivity index (χ4n) is 2.39. The molecule has 0 radical (unpaired) electrons. The van der Waals surface area contributed by atoms with Crippen molar-refractivity contribution >= 4 is 11.0 Å². The van der Waals surface area contributed by atoms with Gasteiger partial charge < -0.3 is 10.0 Å². The number of imidazole rings is 1. The van der Waals surface area contributed by atoms with Gasteiger partial charge >= 0.3 is 5.69 Å². The van der Waals surface area contributed by atoms with Crippen LogP contribution in [0.15, 0.2) is 29.1 Å². The van der Waals surface area contributed by atoms with Gasteiger partial charge in [0, 0.05) is 19.6 Å². The number of rotatable bonds is 6. The van der Waals surface area contributed by atoms with Gasteiger partial charge in [0.1, 0.15) is 0 Å². The zero-order chi connectivity index (χ0) is 15.6. The SMILES string of the molecule is CN(C)CCn1c(=O)n(CCC(C)(C)O)c2ccccc21. The Bertz CT molecular complexity index is 662. The quantitative estimate of drug-likeness (QED) is 0.878. The first-order valence-electron chi connectivity index (χ1n) is 7.35. The number of aromatic nitrogens is 2. The zero-order valence-corrected chi connectivity index (χ0v) is 13.3. The lowest BCUT2D eigenvalue weighted by Gasteiger charge is -2.16. The summed E-state index contributed by atoms with van der Waals surface area (Å²) < 4.78 is 3.59. The lowest BCUT2D eigenvalue weighted by Crippen LogP contribution is -2.30. The van der Waals surface area contributed by atoms with Crippen LogP contribution in [-0.2, 0) is 13.1 Å². The minimum atomic E-state index is -0.772. The zero-order valence-electron chi connectivity index (χ0n) is 13.3. The number of hydrogen-bond donors (Lipinski definition) is 1. The third kappa shape index (κ3) is 3.74. The van der Waals surface area contributed by atoms with Gasteiger partial charge in [-0.1, -0.05) is 12.1 Å². The third-order valence-electron chi connectivity index (χ3n) is 3.64. The van der Waals surface area contributed by atoms with Crippen molar-refractivity contribution in [2.75, 3.05) is 20.6 Å². The van der Waals surface area contributed by atoms with Crippen LogP contribution in [0.1, 0.15) is 20.3 Å². The molecule has 0 aliphatic rings. The summed E-state index contributed by atoms with van der Waals surface area (Å²) in [7, 11) is 4.00. The Morgan fingerprint density at radius 3 is 2.10 bits per heavy atom. The molecule has 0 amide bonds. The van der Waals surface area contributed by atoms with E-state index in [9.17, 15) is 9.90 Å². The van der Waals surface area contributed by atoms with Crippen molar-refractivity contribution in [3.05, 3.63) is 34.7 Å². The average molecular weight is 291 g/mol. The molecule has 1 N–H and O–H groups in total. The molecule has 0 saturated heterocycles. The largest absolute Gasteiger partial charge is 0.390 e. The minimum absolute atomic E-state index is 0.00213. The highest BCUT2D eigenvalue weighted by Crippen LogP contribution is 2.15. The van der Waals surface area contributed by atoms with Crippen molar-refractivity contribution in [2.24, 2.45) is 0 Å². The van der Waals surface area contributed by atoms with Gasteiger partial charge in [-0.3, -0.25) is 9.13 Å². The molecule has 0 unspecified atom stereocenters. The molecule has 0 bridgehead atoms. The predicted molar refractivity (Wildman–Crippen MR) is 85.7 cm³/mol. The van der Waals surface area contributed by atoms with E-state index < -0.39 is 5.60 Å². The number of likely N-dealkylation sites (N-methyl/N-ethyl adjacent to an activating group) is 1. The molecule has 1 aromatic carbocycles. The molecule has 0 spiro atoms. The second-order valence-corrected chi connectivity index (χ2v) is 6.44. The summed E-state index contributed by atoms with van der Waals surface area (Å²) in [5.41, 5.74) is 1.12. The van der Waals surface area contributed by atoms with Gasteiger partial charge in [0.15, 0.2) is 0 Å². The van der Waals surface area contributed by atoms with Gasteiger partial charge in [-0.2, -0.15) is 0 Å². The fourth-order valence-corrected chi connectivity index (χ4v) is 2.39. The molecular formula is C16H25N3O2. The van der Waals surface area contributed by atoms with Crippen LogP contribution in [-0.4, -0.2) is 45.4 Å². The Kier molecular flexibility index (Phi) is 4.54. The van der Waals surface area contributed by atoms with Crippen LogP contribution >= 0.6 is 0 Å². The molecule has 116 valence electrons. The highest BCUT2D eigenvalue weighted by molar-refractivity contribution is 5.75. The van der Waals surface area contributed by atoms with E-state index in [1.807, 2.05) is 42.9 Å². The Morgan fingerprint density at radius 1 is 1.10 bits per heavy atom. The third-order valence-corrected chi connectivity index (χ3v) is 3.64. The maximum Gasteiger partial charge on any atom is 0.329 e. The number of nitrogens with zero attached hydrogens (tertiary/aromatic N) is 3. The number of hydrogen-bond acceptors (Lipinski definition) is 3. The number of benzene rings is 1. The van der Waals surface area contributed by atoms with E-state index in [4.69, 9.17) is 0 Å². The van der Waals surface area contributed by atoms with Gasteiger partial charge in [-0.05, 0) is 46.5 Å². The number of aryl methyl sites for hydroxylation is 1. The number of fused-ring (bicyclic) bond motifs is 1. The Morgan fingerprint density at radius 2 is 1.62 bits per heavy atom. The van der Waals surface area contributed by atoms with Crippen LogP contribution < -0.4 is 5.69 Å². The van der Waals surface area contributed by atoms with Crippen LogP contribution in [0.2, 0.25) is 0 Å². The predicted octanol–water partition coefficient (Wildman–Crippen LogP) is 1.53. The molecule has 2 rings (SSSR count). The Balaban J connectivity index is 2.41. The van der Waals surface area contributed by atoms with Crippen molar-refractivity contribution in [3.8, 4) is 0 Å². The average Bonchev–Trinajstić information content (AvgIpc) is 2.65. The standard InChI is InChI=1S/C16H25N3O2/c1-16(2,21)9-10-18-13-7-5-6-8-14(13)19(15(18)20)12-11-17(3)4/h5-8,21H,9-12H2,1-4H3. The van der Waals surface area contributed by atoms with E-state index in [1.54, 1.807) is 18.4 Å². The van der Waals surface area contributed by atoms with Crippen molar-refractivity contribution < 1.29 is 5.11 Å². The molecule has 5 heteroatoms. The first-order chi connectivity index (χ1) is 9.79. The summed E-state index contributed by atoms with van der Waals surface area (Å²) >= 11 is 0. The van der Waals surface area contributed by atoms with Gasteiger partial charge in [0.25, 0.3) is 0 Å². The topological polar surface area (TPSA) is 50.4 Å². The van der Waals surface area contributed by atoms with E-state index >= 15 is 0 Å². The molecule has 5 nitrogen and oxygen atoms in total. The van der Waals surface area contributed by atoms with Gasteiger partial charge in [0.05, 0.1) is 16.6 Å². The van der Waals surface area contributed by atoms with E-state index in [2.05, 4.69) is 4.90 Å². The summed E-state index contributed by atoms with van der Waals surface area (Å²) in [4.78, 5) is 14.7. The molecular weight excluding hydrogens is 266 g/mol. The van der Waals surface area contributed by atoms with Crippen molar-refractivity contribution in [3.63, 3.8) is 0 Å². The lowest BCUT2D eigenvalue weighted by molar-refractivity contribution is 0.0662.